The molecule has 100 valence electrons. The number of hydrogen-bond donors (Lipinski definition) is 3. The lowest BCUT2D eigenvalue weighted by Gasteiger charge is -2.06. The predicted octanol–water partition coefficient (Wildman–Crippen LogP) is 1.94. The van der Waals surface area contributed by atoms with Gasteiger partial charge in [0.2, 0.25) is 0 Å². The van der Waals surface area contributed by atoms with Crippen LogP contribution in [0.25, 0.3) is 0 Å². The summed E-state index contributed by atoms with van der Waals surface area (Å²) < 4.78 is 4.96. The first-order chi connectivity index (χ1) is 9.13. The van der Waals surface area contributed by atoms with Crippen LogP contribution in [0, 0.1) is 0 Å². The quantitative estimate of drug-likeness (QED) is 0.784. The number of nitrogens with one attached hydrogen (secondary N) is 2. The molecule has 0 aliphatic carbocycles. The van der Waals surface area contributed by atoms with Gasteiger partial charge in [-0.1, -0.05) is 6.92 Å². The number of H-pyrrole nitrogens is 1. The molecule has 0 spiro atoms. The number of ether oxygens (including phenoxy) is 1. The topological polar surface area (TPSA) is 87.2 Å². The Balaban J connectivity index is 2.15. The molecule has 1 amide bonds. The fourth-order valence-electron chi connectivity index (χ4n) is 1.62. The van der Waals surface area contributed by atoms with Crippen LogP contribution in [0.4, 0.5) is 5.82 Å². The highest BCUT2D eigenvalue weighted by molar-refractivity contribution is 6.05. The number of rotatable bonds is 4. The average molecular weight is 261 g/mol. The molecule has 0 radical (unpaired) electrons. The number of carbonyl (C=O) groups is 1. The number of carbonyl (C=O) groups excluding carboxylic acids is 1. The van der Waals surface area contributed by atoms with Gasteiger partial charge in [0, 0.05) is 17.8 Å². The molecule has 2 rings (SSSR count). The maximum Gasteiger partial charge on any atom is 0.260 e. The molecule has 2 aromatic rings. The third kappa shape index (κ3) is 2.85. The summed E-state index contributed by atoms with van der Waals surface area (Å²) in [5.41, 5.74) is 1.09. The first kappa shape index (κ1) is 12.9. The van der Waals surface area contributed by atoms with E-state index in [-0.39, 0.29) is 11.3 Å². The fraction of sp³-hybridized carbons (Fsp3) is 0.231. The van der Waals surface area contributed by atoms with E-state index in [1.165, 1.54) is 19.2 Å². The van der Waals surface area contributed by atoms with Gasteiger partial charge in [-0.05, 0) is 18.6 Å². The number of aromatic hydroxyl groups is 1. The Kier molecular flexibility index (Phi) is 3.70. The van der Waals surface area contributed by atoms with Gasteiger partial charge >= 0.3 is 0 Å². The Morgan fingerprint density at radius 3 is 2.84 bits per heavy atom. The van der Waals surface area contributed by atoms with Gasteiger partial charge < -0.3 is 15.2 Å². The summed E-state index contributed by atoms with van der Waals surface area (Å²) in [4.78, 5) is 12.0. The SMILES string of the molecule is CCc1cc(NC(=O)c2ccc(OC)cc2O)n[nH]1. The second-order valence-corrected chi connectivity index (χ2v) is 3.97. The first-order valence-corrected chi connectivity index (χ1v) is 5.86. The molecule has 1 aromatic carbocycles. The molecule has 0 atom stereocenters. The lowest BCUT2D eigenvalue weighted by Crippen LogP contribution is -2.12. The van der Waals surface area contributed by atoms with Crippen LogP contribution in [-0.2, 0) is 6.42 Å². The van der Waals surface area contributed by atoms with Gasteiger partial charge in [0.25, 0.3) is 5.91 Å². The largest absolute Gasteiger partial charge is 0.507 e. The van der Waals surface area contributed by atoms with Crippen molar-refractivity contribution >= 4 is 11.7 Å². The van der Waals surface area contributed by atoms with E-state index < -0.39 is 5.91 Å². The minimum atomic E-state index is -0.422. The summed E-state index contributed by atoms with van der Waals surface area (Å²) in [6, 6.07) is 6.24. The molecule has 6 heteroatoms. The third-order valence-electron chi connectivity index (χ3n) is 2.70. The molecule has 1 aromatic heterocycles. The molecule has 0 saturated carbocycles. The van der Waals surface area contributed by atoms with Crippen molar-refractivity contribution in [1.29, 1.82) is 0 Å². The number of aromatic nitrogens is 2. The zero-order valence-electron chi connectivity index (χ0n) is 10.7. The number of benzene rings is 1. The van der Waals surface area contributed by atoms with E-state index in [9.17, 15) is 9.90 Å². The molecule has 0 bridgehead atoms. The molecular weight excluding hydrogens is 246 g/mol. The Bertz CT molecular complexity index is 593. The number of phenols is 1. The third-order valence-corrected chi connectivity index (χ3v) is 2.70. The molecule has 0 fully saturated rings. The number of phenolic OH excluding ortho intramolecular Hbond substituents is 1. The number of methoxy groups -OCH3 is 1. The Morgan fingerprint density at radius 2 is 2.26 bits per heavy atom. The molecule has 0 aliphatic rings. The standard InChI is InChI=1S/C13H15N3O3/c1-3-8-6-12(16-15-8)14-13(18)10-5-4-9(19-2)7-11(10)17/h4-7,17H,3H2,1-2H3,(H2,14,15,16,18). The molecule has 3 N–H and O–H groups in total. The second-order valence-electron chi connectivity index (χ2n) is 3.97. The summed E-state index contributed by atoms with van der Waals surface area (Å²) in [5, 5.41) is 19.1. The zero-order chi connectivity index (χ0) is 13.8. The van der Waals surface area contributed by atoms with E-state index in [0.29, 0.717) is 11.6 Å². The highest BCUT2D eigenvalue weighted by Crippen LogP contribution is 2.24. The van der Waals surface area contributed by atoms with Gasteiger partial charge in [-0.3, -0.25) is 9.89 Å². The normalized spacial score (nSPS) is 10.2. The lowest BCUT2D eigenvalue weighted by atomic mass is 10.2. The Hall–Kier alpha value is -2.50. The summed E-state index contributed by atoms with van der Waals surface area (Å²) in [5.74, 6) is 0.358. The number of aryl methyl sites for hydroxylation is 1. The van der Waals surface area contributed by atoms with Crippen molar-refractivity contribution in [3.05, 3.63) is 35.5 Å². The molecule has 0 saturated heterocycles. The zero-order valence-corrected chi connectivity index (χ0v) is 10.7. The molecule has 6 nitrogen and oxygen atoms in total. The van der Waals surface area contributed by atoms with Crippen LogP contribution >= 0.6 is 0 Å². The van der Waals surface area contributed by atoms with Crippen LogP contribution in [0.15, 0.2) is 24.3 Å². The minimum absolute atomic E-state index is 0.136. The summed E-state index contributed by atoms with van der Waals surface area (Å²) in [7, 11) is 1.49. The average Bonchev–Trinajstić information content (AvgIpc) is 2.86. The molecule has 19 heavy (non-hydrogen) atoms. The van der Waals surface area contributed by atoms with Gasteiger partial charge in [-0.25, -0.2) is 0 Å². The van der Waals surface area contributed by atoms with Crippen molar-refractivity contribution in [1.82, 2.24) is 10.2 Å². The summed E-state index contributed by atoms with van der Waals surface area (Å²) in [6.45, 7) is 1.98. The molecular formula is C13H15N3O3. The van der Waals surface area contributed by atoms with Crippen molar-refractivity contribution in [2.45, 2.75) is 13.3 Å². The fourth-order valence-corrected chi connectivity index (χ4v) is 1.62. The van der Waals surface area contributed by atoms with Gasteiger partial charge in [0.1, 0.15) is 11.5 Å². The number of nitrogens with zero attached hydrogens (tertiary/aromatic N) is 1. The molecule has 1 heterocycles. The second kappa shape index (κ2) is 5.43. The number of anilines is 1. The number of aromatic amines is 1. The smallest absolute Gasteiger partial charge is 0.260 e. The van der Waals surface area contributed by atoms with Crippen molar-refractivity contribution < 1.29 is 14.6 Å². The number of amides is 1. The van der Waals surface area contributed by atoms with Crippen LogP contribution in [0.5, 0.6) is 11.5 Å². The van der Waals surface area contributed by atoms with E-state index in [0.717, 1.165) is 12.1 Å². The number of hydrogen-bond acceptors (Lipinski definition) is 4. The Labute approximate surface area is 110 Å². The maximum absolute atomic E-state index is 12.0. The van der Waals surface area contributed by atoms with E-state index >= 15 is 0 Å². The Morgan fingerprint density at radius 1 is 1.47 bits per heavy atom. The van der Waals surface area contributed by atoms with E-state index in [1.807, 2.05) is 6.92 Å². The van der Waals surface area contributed by atoms with Crippen LogP contribution < -0.4 is 10.1 Å². The highest BCUT2D eigenvalue weighted by atomic mass is 16.5. The predicted molar refractivity (Wildman–Crippen MR) is 70.6 cm³/mol. The van der Waals surface area contributed by atoms with Crippen LogP contribution in [0.3, 0.4) is 0 Å². The maximum atomic E-state index is 12.0. The highest BCUT2D eigenvalue weighted by Gasteiger charge is 2.13. The first-order valence-electron chi connectivity index (χ1n) is 5.86. The van der Waals surface area contributed by atoms with E-state index in [2.05, 4.69) is 15.5 Å². The van der Waals surface area contributed by atoms with Gasteiger partial charge in [-0.2, -0.15) is 5.10 Å². The van der Waals surface area contributed by atoms with Crippen molar-refractivity contribution in [2.24, 2.45) is 0 Å². The monoisotopic (exact) mass is 261 g/mol. The minimum Gasteiger partial charge on any atom is -0.507 e. The van der Waals surface area contributed by atoms with Gasteiger partial charge in [0.15, 0.2) is 5.82 Å². The van der Waals surface area contributed by atoms with E-state index in [1.54, 1.807) is 12.1 Å². The van der Waals surface area contributed by atoms with Gasteiger partial charge in [0.05, 0.1) is 12.7 Å². The summed E-state index contributed by atoms with van der Waals surface area (Å²) in [6.07, 6.45) is 0.802. The van der Waals surface area contributed by atoms with Crippen molar-refractivity contribution in [3.63, 3.8) is 0 Å². The van der Waals surface area contributed by atoms with E-state index in [4.69, 9.17) is 4.74 Å². The van der Waals surface area contributed by atoms with Crippen LogP contribution in [0.1, 0.15) is 23.0 Å². The molecule has 0 unspecified atom stereocenters. The van der Waals surface area contributed by atoms with Gasteiger partial charge in [-0.15, -0.1) is 0 Å². The van der Waals surface area contributed by atoms with Crippen molar-refractivity contribution in [2.75, 3.05) is 12.4 Å². The summed E-state index contributed by atoms with van der Waals surface area (Å²) >= 11 is 0. The van der Waals surface area contributed by atoms with Crippen LogP contribution in [0.2, 0.25) is 0 Å². The molecule has 0 aliphatic heterocycles. The van der Waals surface area contributed by atoms with Crippen molar-refractivity contribution in [3.8, 4) is 11.5 Å². The lowest BCUT2D eigenvalue weighted by molar-refractivity contribution is 0.102. The van der Waals surface area contributed by atoms with Crippen LogP contribution in [-0.4, -0.2) is 28.3 Å².